The molecule has 0 bridgehead atoms. The van der Waals surface area contributed by atoms with E-state index >= 15 is 0 Å². The minimum atomic E-state index is -0.491. The van der Waals surface area contributed by atoms with Crippen LogP contribution in [0.15, 0.2) is 36.5 Å². The van der Waals surface area contributed by atoms with Crippen molar-refractivity contribution in [3.05, 3.63) is 63.3 Å². The van der Waals surface area contributed by atoms with Crippen molar-refractivity contribution in [3.63, 3.8) is 0 Å². The Morgan fingerprint density at radius 3 is 2.15 bits per heavy atom. The molecule has 0 N–H and O–H groups in total. The van der Waals surface area contributed by atoms with Crippen molar-refractivity contribution < 1.29 is 23.9 Å². The van der Waals surface area contributed by atoms with E-state index in [1.807, 2.05) is 18.2 Å². The molecule has 0 saturated heterocycles. The number of ether oxygens (including phenoxy) is 4. The number of nitro groups is 1. The van der Waals surface area contributed by atoms with Crippen molar-refractivity contribution in [2.45, 2.75) is 12.8 Å². The summed E-state index contributed by atoms with van der Waals surface area (Å²) in [5, 5.41) is 10.7. The molecule has 2 aromatic carbocycles. The first kappa shape index (κ1) is 20.1. The van der Waals surface area contributed by atoms with Crippen LogP contribution in [0.1, 0.15) is 16.7 Å². The SMILES string of the molecule is COc1ccc(CCc2c(C=C[N+](=O)[O-])ccc(OC)c2OC)cc1OC. The van der Waals surface area contributed by atoms with Crippen molar-refractivity contribution in [1.82, 2.24) is 0 Å². The molecule has 2 rings (SSSR count). The second kappa shape index (κ2) is 9.47. The van der Waals surface area contributed by atoms with Gasteiger partial charge in [-0.1, -0.05) is 12.1 Å². The van der Waals surface area contributed by atoms with Gasteiger partial charge in [0, 0.05) is 11.6 Å². The minimum absolute atomic E-state index is 0.491. The maximum absolute atomic E-state index is 10.7. The van der Waals surface area contributed by atoms with E-state index in [-0.39, 0.29) is 0 Å². The zero-order valence-electron chi connectivity index (χ0n) is 15.9. The van der Waals surface area contributed by atoms with Gasteiger partial charge in [0.25, 0.3) is 0 Å². The molecule has 144 valence electrons. The van der Waals surface area contributed by atoms with Crippen LogP contribution in [-0.4, -0.2) is 33.4 Å². The molecule has 2 aromatic rings. The number of methoxy groups -OCH3 is 4. The summed E-state index contributed by atoms with van der Waals surface area (Å²) in [6.45, 7) is 0. The molecule has 0 spiro atoms. The highest BCUT2D eigenvalue weighted by Crippen LogP contribution is 2.35. The fourth-order valence-corrected chi connectivity index (χ4v) is 2.87. The zero-order chi connectivity index (χ0) is 19.8. The molecule has 0 heterocycles. The average molecular weight is 373 g/mol. The summed E-state index contributed by atoms with van der Waals surface area (Å²) in [7, 11) is 6.29. The molecule has 27 heavy (non-hydrogen) atoms. The topological polar surface area (TPSA) is 80.1 Å². The molecule has 0 aliphatic heterocycles. The van der Waals surface area contributed by atoms with E-state index in [4.69, 9.17) is 18.9 Å². The normalized spacial score (nSPS) is 10.7. The lowest BCUT2D eigenvalue weighted by atomic mass is 9.98. The maximum Gasteiger partial charge on any atom is 0.235 e. The third kappa shape index (κ3) is 4.91. The second-order valence-corrected chi connectivity index (χ2v) is 5.66. The lowest BCUT2D eigenvalue weighted by molar-refractivity contribution is -0.400. The van der Waals surface area contributed by atoms with E-state index in [0.717, 1.165) is 17.3 Å². The highest BCUT2D eigenvalue weighted by Gasteiger charge is 2.15. The molecule has 0 aliphatic carbocycles. The minimum Gasteiger partial charge on any atom is -0.493 e. The fraction of sp³-hybridized carbons (Fsp3) is 0.300. The van der Waals surface area contributed by atoms with Gasteiger partial charge in [-0.15, -0.1) is 0 Å². The van der Waals surface area contributed by atoms with Gasteiger partial charge < -0.3 is 18.9 Å². The molecule has 0 atom stereocenters. The van der Waals surface area contributed by atoms with Gasteiger partial charge in [-0.2, -0.15) is 0 Å². The monoisotopic (exact) mass is 373 g/mol. The Labute approximate surface area is 158 Å². The zero-order valence-corrected chi connectivity index (χ0v) is 15.9. The second-order valence-electron chi connectivity index (χ2n) is 5.66. The molecule has 0 saturated carbocycles. The lowest BCUT2D eigenvalue weighted by Gasteiger charge is -2.16. The molecule has 0 unspecified atom stereocenters. The Bertz CT molecular complexity index is 831. The first-order valence-electron chi connectivity index (χ1n) is 8.30. The highest BCUT2D eigenvalue weighted by atomic mass is 16.6. The van der Waals surface area contributed by atoms with Crippen molar-refractivity contribution in [3.8, 4) is 23.0 Å². The molecule has 0 fully saturated rings. The Hall–Kier alpha value is -3.22. The van der Waals surface area contributed by atoms with E-state index in [1.165, 1.54) is 6.08 Å². The van der Waals surface area contributed by atoms with Gasteiger partial charge in [0.15, 0.2) is 23.0 Å². The summed E-state index contributed by atoms with van der Waals surface area (Å²) < 4.78 is 21.5. The van der Waals surface area contributed by atoms with Crippen LogP contribution in [0.3, 0.4) is 0 Å². The first-order valence-corrected chi connectivity index (χ1v) is 8.30. The number of rotatable bonds is 9. The van der Waals surface area contributed by atoms with Crippen LogP contribution < -0.4 is 18.9 Å². The van der Waals surface area contributed by atoms with Crippen LogP contribution in [0.4, 0.5) is 0 Å². The van der Waals surface area contributed by atoms with Crippen molar-refractivity contribution >= 4 is 6.08 Å². The van der Waals surface area contributed by atoms with E-state index < -0.39 is 4.92 Å². The molecular formula is C20H23NO6. The van der Waals surface area contributed by atoms with E-state index in [0.29, 0.717) is 41.4 Å². The van der Waals surface area contributed by atoms with Gasteiger partial charge in [0.2, 0.25) is 6.20 Å². The Morgan fingerprint density at radius 2 is 1.56 bits per heavy atom. The van der Waals surface area contributed by atoms with Gasteiger partial charge in [-0.25, -0.2) is 0 Å². The largest absolute Gasteiger partial charge is 0.493 e. The summed E-state index contributed by atoms with van der Waals surface area (Å²) in [6, 6.07) is 9.24. The van der Waals surface area contributed by atoms with E-state index in [2.05, 4.69) is 0 Å². The van der Waals surface area contributed by atoms with Gasteiger partial charge in [0.05, 0.1) is 33.4 Å². The smallest absolute Gasteiger partial charge is 0.235 e. The quantitative estimate of drug-likeness (QED) is 0.492. The van der Waals surface area contributed by atoms with Crippen LogP contribution in [-0.2, 0) is 12.8 Å². The molecule has 0 aromatic heterocycles. The highest BCUT2D eigenvalue weighted by molar-refractivity contribution is 5.62. The van der Waals surface area contributed by atoms with Crippen molar-refractivity contribution in [2.24, 2.45) is 0 Å². The van der Waals surface area contributed by atoms with Crippen LogP contribution in [0.5, 0.6) is 23.0 Å². The predicted octanol–water partition coefficient (Wildman–Crippen LogP) is 3.75. The molecule has 0 amide bonds. The van der Waals surface area contributed by atoms with Crippen molar-refractivity contribution in [2.75, 3.05) is 28.4 Å². The number of hydrogen-bond acceptors (Lipinski definition) is 6. The molecule has 0 radical (unpaired) electrons. The summed E-state index contributed by atoms with van der Waals surface area (Å²) in [5.74, 6) is 2.47. The number of hydrogen-bond donors (Lipinski definition) is 0. The van der Waals surface area contributed by atoms with Crippen LogP contribution in [0.2, 0.25) is 0 Å². The van der Waals surface area contributed by atoms with Gasteiger partial charge in [0.1, 0.15) is 0 Å². The molecule has 7 nitrogen and oxygen atoms in total. The summed E-state index contributed by atoms with van der Waals surface area (Å²) in [4.78, 5) is 10.2. The standard InChI is InChI=1S/C20H23NO6/c1-24-17-9-6-14(13-19(17)26-3)5-8-16-15(11-12-21(22)23)7-10-18(25-2)20(16)27-4/h6-7,9-13H,5,8H2,1-4H3. The van der Waals surface area contributed by atoms with Gasteiger partial charge >= 0.3 is 0 Å². The summed E-state index contributed by atoms with van der Waals surface area (Å²) >= 11 is 0. The van der Waals surface area contributed by atoms with Gasteiger partial charge in [-0.3, -0.25) is 10.1 Å². The Morgan fingerprint density at radius 1 is 0.889 bits per heavy atom. The lowest BCUT2D eigenvalue weighted by Crippen LogP contribution is -2.02. The Kier molecular flexibility index (Phi) is 7.05. The van der Waals surface area contributed by atoms with Crippen LogP contribution in [0, 0.1) is 10.1 Å². The maximum atomic E-state index is 10.7. The number of aryl methyl sites for hydroxylation is 1. The van der Waals surface area contributed by atoms with Gasteiger partial charge in [-0.05, 0) is 42.2 Å². The van der Waals surface area contributed by atoms with Crippen LogP contribution in [0.25, 0.3) is 6.08 Å². The number of nitrogens with zero attached hydrogens (tertiary/aromatic N) is 1. The fourth-order valence-electron chi connectivity index (χ4n) is 2.87. The third-order valence-corrected chi connectivity index (χ3v) is 4.17. The molecule has 7 heteroatoms. The molecule has 0 aliphatic rings. The van der Waals surface area contributed by atoms with E-state index in [1.54, 1.807) is 40.6 Å². The van der Waals surface area contributed by atoms with E-state index in [9.17, 15) is 10.1 Å². The van der Waals surface area contributed by atoms with Crippen LogP contribution >= 0.6 is 0 Å². The molecular weight excluding hydrogens is 350 g/mol. The Balaban J connectivity index is 2.37. The third-order valence-electron chi connectivity index (χ3n) is 4.17. The first-order chi connectivity index (χ1) is 13.0. The summed E-state index contributed by atoms with van der Waals surface area (Å²) in [5.41, 5.74) is 2.59. The number of benzene rings is 2. The predicted molar refractivity (Wildman–Crippen MR) is 103 cm³/mol. The summed E-state index contributed by atoms with van der Waals surface area (Å²) in [6.07, 6.45) is 3.67. The average Bonchev–Trinajstić information content (AvgIpc) is 2.69. The van der Waals surface area contributed by atoms with Crippen molar-refractivity contribution in [1.29, 1.82) is 0 Å².